The molecule has 20 heavy (non-hydrogen) atoms. The van der Waals surface area contributed by atoms with E-state index in [1.165, 1.54) is 0 Å². The molecule has 1 aromatic heterocycles. The Balaban J connectivity index is 2.01. The van der Waals surface area contributed by atoms with E-state index in [0.29, 0.717) is 12.4 Å². The second-order valence-electron chi connectivity index (χ2n) is 6.13. The third-order valence-electron chi connectivity index (χ3n) is 3.18. The van der Waals surface area contributed by atoms with Gasteiger partial charge in [-0.05, 0) is 33.6 Å². The van der Waals surface area contributed by atoms with Crippen molar-refractivity contribution in [1.29, 1.82) is 0 Å². The van der Waals surface area contributed by atoms with E-state index in [-0.39, 0.29) is 12.0 Å². The van der Waals surface area contributed by atoms with Gasteiger partial charge in [-0.1, -0.05) is 0 Å². The molecule has 2 rings (SSSR count). The standard InChI is InChI=1S/C14H22N4O2/c1-14(2,3)20-13(19)18-6-4-5-10(9-18)11-7-17-12(15)8-16-11/h7-8,10H,4-6,9H2,1-3H3,(H2,15,17). The molecule has 1 amide bonds. The first-order chi connectivity index (χ1) is 9.35. The molecule has 0 spiro atoms. The van der Waals surface area contributed by atoms with Crippen molar-refractivity contribution in [2.45, 2.75) is 45.1 Å². The van der Waals surface area contributed by atoms with Gasteiger partial charge in [-0.2, -0.15) is 0 Å². The number of rotatable bonds is 1. The predicted octanol–water partition coefficient (Wildman–Crippen LogP) is 2.17. The van der Waals surface area contributed by atoms with Gasteiger partial charge in [0.2, 0.25) is 0 Å². The Morgan fingerprint density at radius 1 is 1.40 bits per heavy atom. The quantitative estimate of drug-likeness (QED) is 0.851. The van der Waals surface area contributed by atoms with E-state index in [2.05, 4.69) is 9.97 Å². The number of likely N-dealkylation sites (tertiary alicyclic amines) is 1. The van der Waals surface area contributed by atoms with Crippen LogP contribution in [0.5, 0.6) is 0 Å². The Kier molecular flexibility index (Phi) is 4.11. The van der Waals surface area contributed by atoms with Crippen LogP contribution < -0.4 is 5.73 Å². The van der Waals surface area contributed by atoms with E-state index in [1.54, 1.807) is 17.3 Å². The molecule has 0 aliphatic carbocycles. The van der Waals surface area contributed by atoms with Crippen molar-refractivity contribution in [1.82, 2.24) is 14.9 Å². The van der Waals surface area contributed by atoms with Crippen LogP contribution in [0.4, 0.5) is 10.6 Å². The Bertz CT molecular complexity index is 467. The first-order valence-corrected chi connectivity index (χ1v) is 6.90. The summed E-state index contributed by atoms with van der Waals surface area (Å²) >= 11 is 0. The van der Waals surface area contributed by atoms with Crippen LogP contribution in [0.15, 0.2) is 12.4 Å². The molecule has 1 atom stereocenters. The van der Waals surface area contributed by atoms with Crippen molar-refractivity contribution in [3.63, 3.8) is 0 Å². The molecule has 0 radical (unpaired) electrons. The third kappa shape index (κ3) is 3.82. The van der Waals surface area contributed by atoms with E-state index < -0.39 is 5.60 Å². The first kappa shape index (κ1) is 14.6. The number of nitrogens with zero attached hydrogens (tertiary/aromatic N) is 3. The first-order valence-electron chi connectivity index (χ1n) is 6.90. The minimum atomic E-state index is -0.467. The highest BCUT2D eigenvalue weighted by Gasteiger charge is 2.28. The lowest BCUT2D eigenvalue weighted by atomic mass is 9.95. The second-order valence-corrected chi connectivity index (χ2v) is 6.13. The van der Waals surface area contributed by atoms with Crippen LogP contribution in [-0.4, -0.2) is 39.7 Å². The summed E-state index contributed by atoms with van der Waals surface area (Å²) in [6, 6.07) is 0. The number of amides is 1. The molecular formula is C14H22N4O2. The number of nitrogens with two attached hydrogens (primary N) is 1. The fourth-order valence-electron chi connectivity index (χ4n) is 2.27. The van der Waals surface area contributed by atoms with Crippen molar-refractivity contribution in [2.24, 2.45) is 0 Å². The number of carbonyl (C=O) groups excluding carboxylic acids is 1. The Labute approximate surface area is 119 Å². The summed E-state index contributed by atoms with van der Waals surface area (Å²) in [5.41, 5.74) is 5.96. The van der Waals surface area contributed by atoms with Crippen LogP contribution >= 0.6 is 0 Å². The third-order valence-corrected chi connectivity index (χ3v) is 3.18. The molecular weight excluding hydrogens is 256 g/mol. The molecule has 2 N–H and O–H groups in total. The maximum atomic E-state index is 12.1. The van der Waals surface area contributed by atoms with Gasteiger partial charge in [-0.15, -0.1) is 0 Å². The summed E-state index contributed by atoms with van der Waals surface area (Å²) in [4.78, 5) is 22.2. The van der Waals surface area contributed by atoms with Crippen molar-refractivity contribution < 1.29 is 9.53 Å². The van der Waals surface area contributed by atoms with E-state index >= 15 is 0 Å². The lowest BCUT2D eigenvalue weighted by molar-refractivity contribution is 0.0197. The van der Waals surface area contributed by atoms with Gasteiger partial charge in [-0.3, -0.25) is 4.98 Å². The fourth-order valence-corrected chi connectivity index (χ4v) is 2.27. The van der Waals surface area contributed by atoms with Gasteiger partial charge in [0.05, 0.1) is 18.1 Å². The van der Waals surface area contributed by atoms with Crippen molar-refractivity contribution in [2.75, 3.05) is 18.8 Å². The van der Waals surface area contributed by atoms with E-state index in [4.69, 9.17) is 10.5 Å². The maximum absolute atomic E-state index is 12.1. The Morgan fingerprint density at radius 2 is 2.15 bits per heavy atom. The smallest absolute Gasteiger partial charge is 0.410 e. The minimum Gasteiger partial charge on any atom is -0.444 e. The van der Waals surface area contributed by atoms with E-state index in [0.717, 1.165) is 25.1 Å². The number of hydrogen-bond acceptors (Lipinski definition) is 5. The normalized spacial score (nSPS) is 19.8. The molecule has 2 heterocycles. The fraction of sp³-hybridized carbons (Fsp3) is 0.643. The zero-order chi connectivity index (χ0) is 14.8. The van der Waals surface area contributed by atoms with Gasteiger partial charge in [0.25, 0.3) is 0 Å². The van der Waals surface area contributed by atoms with Crippen molar-refractivity contribution >= 4 is 11.9 Å². The largest absolute Gasteiger partial charge is 0.444 e. The van der Waals surface area contributed by atoms with Gasteiger partial charge in [0.1, 0.15) is 11.4 Å². The highest BCUT2D eigenvalue weighted by molar-refractivity contribution is 5.68. The summed E-state index contributed by atoms with van der Waals surface area (Å²) in [5, 5.41) is 0. The summed E-state index contributed by atoms with van der Waals surface area (Å²) < 4.78 is 5.41. The van der Waals surface area contributed by atoms with Crippen LogP contribution in [-0.2, 0) is 4.74 Å². The van der Waals surface area contributed by atoms with Crippen molar-refractivity contribution in [3.05, 3.63) is 18.1 Å². The van der Waals surface area contributed by atoms with Gasteiger partial charge >= 0.3 is 6.09 Å². The SMILES string of the molecule is CC(C)(C)OC(=O)N1CCCC(c2cnc(N)cn2)C1. The average molecular weight is 278 g/mol. The van der Waals surface area contributed by atoms with Crippen LogP contribution in [0.1, 0.15) is 45.2 Å². The molecule has 110 valence electrons. The van der Waals surface area contributed by atoms with Crippen LogP contribution in [0.2, 0.25) is 0 Å². The second kappa shape index (κ2) is 5.64. The highest BCUT2D eigenvalue weighted by atomic mass is 16.6. The molecule has 1 unspecified atom stereocenters. The number of nitrogen functional groups attached to an aromatic ring is 1. The van der Waals surface area contributed by atoms with E-state index in [1.807, 2.05) is 20.8 Å². The number of carbonyl (C=O) groups is 1. The monoisotopic (exact) mass is 278 g/mol. The minimum absolute atomic E-state index is 0.198. The zero-order valence-corrected chi connectivity index (χ0v) is 12.3. The topological polar surface area (TPSA) is 81.3 Å². The Morgan fingerprint density at radius 3 is 2.75 bits per heavy atom. The molecule has 1 fully saturated rings. The molecule has 1 aliphatic rings. The van der Waals surface area contributed by atoms with Gasteiger partial charge in [-0.25, -0.2) is 9.78 Å². The summed E-state index contributed by atoms with van der Waals surface area (Å²) in [6.07, 6.45) is 4.93. The van der Waals surface area contributed by atoms with E-state index in [9.17, 15) is 4.79 Å². The number of anilines is 1. The molecule has 0 bridgehead atoms. The Hall–Kier alpha value is -1.85. The number of ether oxygens (including phenoxy) is 1. The summed E-state index contributed by atoms with van der Waals surface area (Å²) in [7, 11) is 0. The van der Waals surface area contributed by atoms with Crippen LogP contribution in [0.3, 0.4) is 0 Å². The van der Waals surface area contributed by atoms with Crippen LogP contribution in [0.25, 0.3) is 0 Å². The number of piperidine rings is 1. The van der Waals surface area contributed by atoms with Crippen molar-refractivity contribution in [3.8, 4) is 0 Å². The number of hydrogen-bond donors (Lipinski definition) is 1. The van der Waals surface area contributed by atoms with Crippen LogP contribution in [0, 0.1) is 0 Å². The summed E-state index contributed by atoms with van der Waals surface area (Å²) in [6.45, 7) is 6.97. The highest BCUT2D eigenvalue weighted by Crippen LogP contribution is 2.26. The lowest BCUT2D eigenvalue weighted by Crippen LogP contribution is -2.42. The maximum Gasteiger partial charge on any atom is 0.410 e. The van der Waals surface area contributed by atoms with Gasteiger partial charge in [0, 0.05) is 19.0 Å². The average Bonchev–Trinajstić information content (AvgIpc) is 2.38. The molecule has 6 nitrogen and oxygen atoms in total. The molecule has 6 heteroatoms. The van der Waals surface area contributed by atoms with Gasteiger partial charge in [0.15, 0.2) is 0 Å². The molecule has 0 saturated carbocycles. The predicted molar refractivity (Wildman–Crippen MR) is 76.2 cm³/mol. The summed E-state index contributed by atoms with van der Waals surface area (Å²) in [5.74, 6) is 0.609. The molecule has 1 aliphatic heterocycles. The molecule has 1 aromatic rings. The molecule has 1 saturated heterocycles. The lowest BCUT2D eigenvalue weighted by Gasteiger charge is -2.33. The molecule has 0 aromatic carbocycles. The van der Waals surface area contributed by atoms with Gasteiger partial charge < -0.3 is 15.4 Å². The zero-order valence-electron chi connectivity index (χ0n) is 12.3. The number of aromatic nitrogens is 2.